The van der Waals surface area contributed by atoms with Crippen LogP contribution in [0.4, 0.5) is 10.8 Å². The molecule has 18 heavy (non-hydrogen) atoms. The summed E-state index contributed by atoms with van der Waals surface area (Å²) in [6, 6.07) is 7.67. The van der Waals surface area contributed by atoms with Crippen LogP contribution in [0.5, 0.6) is 0 Å². The lowest BCUT2D eigenvalue weighted by Crippen LogP contribution is -2.14. The van der Waals surface area contributed by atoms with E-state index in [9.17, 15) is 4.79 Å². The first-order valence-electron chi connectivity index (χ1n) is 5.03. The van der Waals surface area contributed by atoms with Gasteiger partial charge in [0.05, 0.1) is 21.8 Å². The fraction of sp³-hybridized carbons (Fsp3) is 0.0909. The van der Waals surface area contributed by atoms with Gasteiger partial charge in [0, 0.05) is 3.57 Å². The second kappa shape index (κ2) is 6.39. The van der Waals surface area contributed by atoms with Crippen molar-refractivity contribution in [2.75, 3.05) is 16.8 Å². The van der Waals surface area contributed by atoms with Gasteiger partial charge in [0.1, 0.15) is 0 Å². The third-order valence-corrected chi connectivity index (χ3v) is 4.96. The molecule has 2 rings (SSSR count). The second-order valence-corrected chi connectivity index (χ2v) is 6.83. The lowest BCUT2D eigenvalue weighted by Gasteiger charge is -2.06. The maximum Gasteiger partial charge on any atom is 0.234 e. The molecular formula is C11H10IN3OS2. The van der Waals surface area contributed by atoms with Crippen LogP contribution in [0.15, 0.2) is 34.7 Å². The molecule has 0 saturated heterocycles. The van der Waals surface area contributed by atoms with Crippen molar-refractivity contribution in [3.63, 3.8) is 0 Å². The number of aromatic nitrogens is 1. The number of benzene rings is 1. The van der Waals surface area contributed by atoms with Gasteiger partial charge in [-0.05, 0) is 34.7 Å². The average molecular weight is 391 g/mol. The Balaban J connectivity index is 1.88. The summed E-state index contributed by atoms with van der Waals surface area (Å²) < 4.78 is 1.97. The number of anilines is 2. The summed E-state index contributed by atoms with van der Waals surface area (Å²) in [5.41, 5.74) is 6.36. The van der Waals surface area contributed by atoms with Gasteiger partial charge in [0.2, 0.25) is 5.91 Å². The first-order chi connectivity index (χ1) is 8.65. The van der Waals surface area contributed by atoms with E-state index in [-0.39, 0.29) is 5.91 Å². The molecule has 0 fully saturated rings. The largest absolute Gasteiger partial charge is 0.375 e. The molecule has 0 unspecified atom stereocenters. The maximum absolute atomic E-state index is 11.8. The van der Waals surface area contributed by atoms with Crippen molar-refractivity contribution < 1.29 is 4.79 Å². The van der Waals surface area contributed by atoms with Crippen molar-refractivity contribution >= 4 is 62.4 Å². The number of carbonyl (C=O) groups is 1. The zero-order valence-corrected chi connectivity index (χ0v) is 13.0. The van der Waals surface area contributed by atoms with E-state index in [1.54, 1.807) is 6.20 Å². The van der Waals surface area contributed by atoms with Gasteiger partial charge in [0.25, 0.3) is 0 Å². The Morgan fingerprint density at radius 2 is 2.28 bits per heavy atom. The van der Waals surface area contributed by atoms with Gasteiger partial charge >= 0.3 is 0 Å². The highest BCUT2D eigenvalue weighted by molar-refractivity contribution is 14.1. The van der Waals surface area contributed by atoms with E-state index in [4.69, 9.17) is 5.73 Å². The normalized spacial score (nSPS) is 10.3. The molecule has 0 saturated carbocycles. The first kappa shape index (κ1) is 13.6. The molecule has 0 aliphatic rings. The van der Waals surface area contributed by atoms with Crippen molar-refractivity contribution in [1.29, 1.82) is 0 Å². The van der Waals surface area contributed by atoms with Gasteiger partial charge < -0.3 is 11.1 Å². The molecule has 94 valence electrons. The van der Waals surface area contributed by atoms with E-state index in [1.807, 2.05) is 24.3 Å². The molecule has 0 aliphatic heterocycles. The molecule has 0 spiro atoms. The summed E-state index contributed by atoms with van der Waals surface area (Å²) >= 11 is 5.01. The minimum atomic E-state index is -0.0314. The Morgan fingerprint density at radius 3 is 2.94 bits per heavy atom. The van der Waals surface area contributed by atoms with E-state index in [2.05, 4.69) is 32.9 Å². The molecule has 1 aromatic heterocycles. The minimum Gasteiger partial charge on any atom is -0.375 e. The Bertz CT molecular complexity index is 559. The summed E-state index contributed by atoms with van der Waals surface area (Å²) in [4.78, 5) is 15.7. The highest BCUT2D eigenvalue weighted by Gasteiger charge is 2.07. The zero-order chi connectivity index (χ0) is 13.0. The van der Waals surface area contributed by atoms with Crippen LogP contribution in [0.2, 0.25) is 0 Å². The zero-order valence-electron chi connectivity index (χ0n) is 9.22. The third-order valence-electron chi connectivity index (χ3n) is 2.00. The molecule has 1 heterocycles. The number of carbonyl (C=O) groups excluding carboxylic acids is 1. The number of hydrogen-bond donors (Lipinski definition) is 2. The number of nitrogens with two attached hydrogens (primary N) is 1. The second-order valence-electron chi connectivity index (χ2n) is 3.33. The lowest BCUT2D eigenvalue weighted by atomic mass is 10.3. The average Bonchev–Trinajstić information content (AvgIpc) is 2.76. The lowest BCUT2D eigenvalue weighted by molar-refractivity contribution is -0.113. The Kier molecular flexibility index (Phi) is 4.84. The molecule has 0 radical (unpaired) electrons. The standard InChI is InChI=1S/C11H10IN3OS2/c12-7-3-1-2-4-8(7)15-9(16)6-17-10-5-14-11(13)18-10/h1-5H,6H2,(H2,13,14)(H,15,16). The number of nitrogen functional groups attached to an aromatic ring is 1. The Morgan fingerprint density at radius 1 is 1.50 bits per heavy atom. The fourth-order valence-corrected chi connectivity index (χ4v) is 3.30. The highest BCUT2D eigenvalue weighted by Crippen LogP contribution is 2.26. The van der Waals surface area contributed by atoms with Crippen molar-refractivity contribution in [1.82, 2.24) is 4.98 Å². The van der Waals surface area contributed by atoms with Crippen LogP contribution in [-0.4, -0.2) is 16.6 Å². The van der Waals surface area contributed by atoms with Crippen molar-refractivity contribution in [2.45, 2.75) is 4.21 Å². The summed E-state index contributed by atoms with van der Waals surface area (Å²) in [5.74, 6) is 0.322. The minimum absolute atomic E-state index is 0.0314. The maximum atomic E-state index is 11.8. The van der Waals surface area contributed by atoms with E-state index >= 15 is 0 Å². The fourth-order valence-electron chi connectivity index (χ4n) is 1.22. The molecule has 1 amide bonds. The van der Waals surface area contributed by atoms with Crippen LogP contribution >= 0.6 is 45.7 Å². The van der Waals surface area contributed by atoms with Gasteiger partial charge in [-0.25, -0.2) is 4.98 Å². The molecule has 4 nitrogen and oxygen atoms in total. The molecule has 0 atom stereocenters. The van der Waals surface area contributed by atoms with Crippen LogP contribution in [0.25, 0.3) is 0 Å². The van der Waals surface area contributed by atoms with Crippen molar-refractivity contribution in [3.8, 4) is 0 Å². The number of nitrogens with one attached hydrogen (secondary N) is 1. The SMILES string of the molecule is Nc1ncc(SCC(=O)Nc2ccccc2I)s1. The van der Waals surface area contributed by atoms with Crippen molar-refractivity contribution in [2.24, 2.45) is 0 Å². The summed E-state index contributed by atoms with van der Waals surface area (Å²) in [6.07, 6.45) is 1.68. The molecule has 2 aromatic rings. The van der Waals surface area contributed by atoms with Crippen LogP contribution in [0, 0.1) is 3.57 Å². The van der Waals surface area contributed by atoms with Crippen LogP contribution in [0.3, 0.4) is 0 Å². The number of halogens is 1. The summed E-state index contributed by atoms with van der Waals surface area (Å²) in [5, 5.41) is 3.40. The molecular weight excluding hydrogens is 381 g/mol. The molecule has 1 aromatic carbocycles. The van der Waals surface area contributed by atoms with Gasteiger partial charge in [-0.2, -0.15) is 0 Å². The number of para-hydroxylation sites is 1. The predicted octanol–water partition coefficient (Wildman–Crippen LogP) is 3.06. The van der Waals surface area contributed by atoms with Gasteiger partial charge in [-0.3, -0.25) is 4.79 Å². The highest BCUT2D eigenvalue weighted by atomic mass is 127. The van der Waals surface area contributed by atoms with E-state index in [0.29, 0.717) is 10.9 Å². The summed E-state index contributed by atoms with van der Waals surface area (Å²) in [7, 11) is 0. The molecule has 0 bridgehead atoms. The van der Waals surface area contributed by atoms with E-state index in [1.165, 1.54) is 23.1 Å². The number of hydrogen-bond acceptors (Lipinski definition) is 5. The third kappa shape index (κ3) is 3.85. The molecule has 0 aliphatic carbocycles. The monoisotopic (exact) mass is 391 g/mol. The van der Waals surface area contributed by atoms with Crippen molar-refractivity contribution in [3.05, 3.63) is 34.0 Å². The van der Waals surface area contributed by atoms with Gasteiger partial charge in [-0.15, -0.1) is 11.8 Å². The Hall–Kier alpha value is -0.800. The number of thiazole rings is 1. The number of rotatable bonds is 4. The van der Waals surface area contributed by atoms with Gasteiger partial charge in [0.15, 0.2) is 5.13 Å². The van der Waals surface area contributed by atoms with E-state index in [0.717, 1.165) is 13.5 Å². The summed E-state index contributed by atoms with van der Waals surface area (Å²) in [6.45, 7) is 0. The first-order valence-corrected chi connectivity index (χ1v) is 7.92. The predicted molar refractivity (Wildman–Crippen MR) is 85.0 cm³/mol. The topological polar surface area (TPSA) is 68.0 Å². The number of thioether (sulfide) groups is 1. The van der Waals surface area contributed by atoms with Crippen LogP contribution < -0.4 is 11.1 Å². The molecule has 3 N–H and O–H groups in total. The van der Waals surface area contributed by atoms with Crippen LogP contribution in [0.1, 0.15) is 0 Å². The number of amides is 1. The smallest absolute Gasteiger partial charge is 0.234 e. The number of nitrogens with zero attached hydrogens (tertiary/aromatic N) is 1. The van der Waals surface area contributed by atoms with Gasteiger partial charge in [-0.1, -0.05) is 23.5 Å². The quantitative estimate of drug-likeness (QED) is 0.621. The van der Waals surface area contributed by atoms with E-state index < -0.39 is 0 Å². The molecule has 7 heteroatoms. The van der Waals surface area contributed by atoms with Crippen LogP contribution in [-0.2, 0) is 4.79 Å². The Labute approximate surface area is 127 Å².